The van der Waals surface area contributed by atoms with Gasteiger partial charge < -0.3 is 0 Å². The maximum absolute atomic E-state index is 13.6. The molecule has 1 heterocycles. The lowest BCUT2D eigenvalue weighted by molar-refractivity contribution is -0.137. The predicted octanol–water partition coefficient (Wildman–Crippen LogP) is 7.81. The molecule has 0 aliphatic heterocycles. The molecule has 4 heteroatoms. The number of fused-ring (bicyclic) bond motifs is 3. The molecule has 0 atom stereocenters. The molecule has 148 valence electrons. The second-order valence-electron chi connectivity index (χ2n) is 8.01. The molecule has 0 saturated heterocycles. The van der Waals surface area contributed by atoms with Gasteiger partial charge in [0.1, 0.15) is 0 Å². The Morgan fingerprint density at radius 2 is 1.41 bits per heavy atom. The zero-order valence-corrected chi connectivity index (χ0v) is 16.9. The van der Waals surface area contributed by atoms with Gasteiger partial charge in [0.2, 0.25) is 0 Å². The van der Waals surface area contributed by atoms with Crippen molar-refractivity contribution >= 4 is 21.5 Å². The summed E-state index contributed by atoms with van der Waals surface area (Å²) in [5.74, 6) is -0.0158. The van der Waals surface area contributed by atoms with Crippen molar-refractivity contribution in [3.8, 4) is 11.3 Å². The van der Waals surface area contributed by atoms with E-state index in [4.69, 9.17) is 0 Å². The first kappa shape index (κ1) is 19.4. The zero-order valence-electron chi connectivity index (χ0n) is 16.9. The van der Waals surface area contributed by atoms with Gasteiger partial charge in [-0.3, -0.25) is 4.98 Å². The van der Waals surface area contributed by atoms with E-state index in [0.717, 1.165) is 38.5 Å². The topological polar surface area (TPSA) is 12.9 Å². The lowest BCUT2D eigenvalue weighted by Crippen LogP contribution is -2.06. The second-order valence-corrected chi connectivity index (χ2v) is 8.01. The number of hydrogen-bond donors (Lipinski definition) is 0. The summed E-state index contributed by atoms with van der Waals surface area (Å²) >= 11 is 0. The molecule has 4 aromatic rings. The molecule has 1 nitrogen and oxygen atoms in total. The normalized spacial score (nSPS) is 12.3. The third kappa shape index (κ3) is 3.48. The average Bonchev–Trinajstić information content (AvgIpc) is 2.64. The Kier molecular flexibility index (Phi) is 4.60. The number of aromatic nitrogens is 1. The maximum atomic E-state index is 13.6. The molecule has 0 spiro atoms. The molecule has 0 N–H and O–H groups in total. The predicted molar refractivity (Wildman–Crippen MR) is 113 cm³/mol. The van der Waals surface area contributed by atoms with Crippen LogP contribution in [0.25, 0.3) is 32.8 Å². The number of rotatable bonds is 2. The van der Waals surface area contributed by atoms with Crippen LogP contribution in [0.3, 0.4) is 0 Å². The van der Waals surface area contributed by atoms with Gasteiger partial charge in [-0.1, -0.05) is 43.2 Å². The maximum Gasteiger partial charge on any atom is 0.416 e. The monoisotopic (exact) mass is 393 g/mol. The Hall–Kier alpha value is -2.88. The Balaban J connectivity index is 2.10. The summed E-state index contributed by atoms with van der Waals surface area (Å²) in [7, 11) is 0. The van der Waals surface area contributed by atoms with Crippen LogP contribution in [0.5, 0.6) is 0 Å². The molecule has 3 aromatic carbocycles. The van der Waals surface area contributed by atoms with E-state index in [1.807, 2.05) is 45.9 Å². The van der Waals surface area contributed by atoms with Crippen LogP contribution >= 0.6 is 0 Å². The van der Waals surface area contributed by atoms with Crippen molar-refractivity contribution in [1.29, 1.82) is 0 Å². The number of alkyl halides is 3. The summed E-state index contributed by atoms with van der Waals surface area (Å²) in [6.45, 7) is 7.91. The number of aryl methyl sites for hydroxylation is 2. The van der Waals surface area contributed by atoms with Gasteiger partial charge in [-0.25, -0.2) is 0 Å². The van der Waals surface area contributed by atoms with Crippen molar-refractivity contribution in [3.05, 3.63) is 77.0 Å². The van der Waals surface area contributed by atoms with Crippen molar-refractivity contribution in [2.75, 3.05) is 0 Å². The Morgan fingerprint density at radius 3 is 2.03 bits per heavy atom. The minimum Gasteiger partial charge on any atom is -0.256 e. The lowest BCUT2D eigenvalue weighted by atomic mass is 9.90. The van der Waals surface area contributed by atoms with Crippen LogP contribution in [-0.4, -0.2) is 4.98 Å². The smallest absolute Gasteiger partial charge is 0.256 e. The van der Waals surface area contributed by atoms with Crippen molar-refractivity contribution in [2.24, 2.45) is 0 Å². The minimum absolute atomic E-state index is 0.0158. The Labute approximate surface area is 168 Å². The van der Waals surface area contributed by atoms with E-state index in [1.54, 1.807) is 6.20 Å². The first-order chi connectivity index (χ1) is 13.6. The van der Waals surface area contributed by atoms with E-state index >= 15 is 0 Å². The van der Waals surface area contributed by atoms with Crippen molar-refractivity contribution < 1.29 is 13.2 Å². The summed E-state index contributed by atoms with van der Waals surface area (Å²) in [4.78, 5) is 4.57. The van der Waals surface area contributed by atoms with Crippen LogP contribution in [0.4, 0.5) is 13.2 Å². The van der Waals surface area contributed by atoms with Crippen molar-refractivity contribution in [2.45, 2.75) is 39.8 Å². The molecule has 0 fully saturated rings. The van der Waals surface area contributed by atoms with Crippen molar-refractivity contribution in [3.63, 3.8) is 0 Å². The standard InChI is InChI=1S/C25H22F3N/c1-14(2)22-12-18(25(26,27)28)13-23-19(22)5-6-21-20(23)7-8-29-24(21)17-10-15(3)9-16(4)11-17/h5-14H,1-4H3. The first-order valence-corrected chi connectivity index (χ1v) is 9.66. The Bertz CT molecular complexity index is 1220. The third-order valence-corrected chi connectivity index (χ3v) is 5.35. The molecule has 0 unspecified atom stereocenters. The average molecular weight is 393 g/mol. The molecule has 0 aliphatic rings. The van der Waals surface area contributed by atoms with Crippen molar-refractivity contribution in [1.82, 2.24) is 4.98 Å². The summed E-state index contributed by atoms with van der Waals surface area (Å²) < 4.78 is 40.7. The lowest BCUT2D eigenvalue weighted by Gasteiger charge is -2.17. The molecule has 0 saturated carbocycles. The van der Waals surface area contributed by atoms with Gasteiger partial charge in [-0.2, -0.15) is 13.2 Å². The molecule has 29 heavy (non-hydrogen) atoms. The third-order valence-electron chi connectivity index (χ3n) is 5.35. The van der Waals surface area contributed by atoms with Gasteiger partial charge in [-0.05, 0) is 71.8 Å². The van der Waals surface area contributed by atoms with Crippen LogP contribution < -0.4 is 0 Å². The highest BCUT2D eigenvalue weighted by molar-refractivity contribution is 6.12. The molecule has 0 aliphatic carbocycles. The SMILES string of the molecule is Cc1cc(C)cc(-c2nccc3c2ccc2c(C(C)C)cc(C(F)(F)F)cc23)c1. The molecule has 4 rings (SSSR count). The van der Waals surface area contributed by atoms with Crippen LogP contribution in [0.1, 0.15) is 42.0 Å². The molecule has 1 aromatic heterocycles. The van der Waals surface area contributed by atoms with Gasteiger partial charge in [0, 0.05) is 17.1 Å². The van der Waals surface area contributed by atoms with E-state index in [1.165, 1.54) is 12.1 Å². The van der Waals surface area contributed by atoms with Gasteiger partial charge in [0.25, 0.3) is 0 Å². The van der Waals surface area contributed by atoms with E-state index in [2.05, 4.69) is 23.2 Å². The van der Waals surface area contributed by atoms with Crippen LogP contribution in [0.15, 0.2) is 54.7 Å². The van der Waals surface area contributed by atoms with Gasteiger partial charge >= 0.3 is 6.18 Å². The van der Waals surface area contributed by atoms with E-state index in [0.29, 0.717) is 10.9 Å². The van der Waals surface area contributed by atoms with Crippen LogP contribution in [-0.2, 0) is 6.18 Å². The van der Waals surface area contributed by atoms with E-state index in [-0.39, 0.29) is 5.92 Å². The van der Waals surface area contributed by atoms with Crippen LogP contribution in [0.2, 0.25) is 0 Å². The molecular formula is C25H22F3N. The highest BCUT2D eigenvalue weighted by atomic mass is 19.4. The fourth-order valence-electron chi connectivity index (χ4n) is 4.11. The largest absolute Gasteiger partial charge is 0.416 e. The van der Waals surface area contributed by atoms with Crippen LogP contribution in [0, 0.1) is 13.8 Å². The highest BCUT2D eigenvalue weighted by Crippen LogP contribution is 2.39. The molecule has 0 radical (unpaired) electrons. The van der Waals surface area contributed by atoms with Gasteiger partial charge in [-0.15, -0.1) is 0 Å². The number of halogens is 3. The van der Waals surface area contributed by atoms with E-state index < -0.39 is 11.7 Å². The second kappa shape index (κ2) is 6.87. The first-order valence-electron chi connectivity index (χ1n) is 9.66. The quantitative estimate of drug-likeness (QED) is 0.316. The fraction of sp³-hybridized carbons (Fsp3) is 0.240. The zero-order chi connectivity index (χ0) is 20.9. The number of hydrogen-bond acceptors (Lipinski definition) is 1. The minimum atomic E-state index is -4.39. The number of benzene rings is 3. The Morgan fingerprint density at radius 1 is 0.759 bits per heavy atom. The number of nitrogens with zero attached hydrogens (tertiary/aromatic N) is 1. The van der Waals surface area contributed by atoms with Gasteiger partial charge in [0.05, 0.1) is 11.3 Å². The molecule has 0 bridgehead atoms. The summed E-state index contributed by atoms with van der Waals surface area (Å²) in [5, 5.41) is 3.13. The number of pyridine rings is 1. The summed E-state index contributed by atoms with van der Waals surface area (Å²) in [6, 6.07) is 14.5. The fourth-order valence-corrected chi connectivity index (χ4v) is 4.11. The van der Waals surface area contributed by atoms with E-state index in [9.17, 15) is 13.2 Å². The summed E-state index contributed by atoms with van der Waals surface area (Å²) in [6.07, 6.45) is -2.70. The van der Waals surface area contributed by atoms with Gasteiger partial charge in [0.15, 0.2) is 0 Å². The summed E-state index contributed by atoms with van der Waals surface area (Å²) in [5.41, 5.74) is 4.12. The highest BCUT2D eigenvalue weighted by Gasteiger charge is 2.32. The molecule has 0 amide bonds. The molecular weight excluding hydrogens is 371 g/mol.